The Hall–Kier alpha value is -5.92. The maximum Gasteiger partial charge on any atom is 0.0458 e. The van der Waals surface area contributed by atoms with Gasteiger partial charge in [0.15, 0.2) is 0 Å². The van der Waals surface area contributed by atoms with Gasteiger partial charge in [0.2, 0.25) is 0 Å². The van der Waals surface area contributed by atoms with E-state index < -0.39 is 0 Å². The lowest BCUT2D eigenvalue weighted by molar-refractivity contribution is 1.15. The summed E-state index contributed by atoms with van der Waals surface area (Å²) in [6, 6.07) is 52.9. The van der Waals surface area contributed by atoms with Gasteiger partial charge in [0.25, 0.3) is 0 Å². The Balaban J connectivity index is 1.36. The fourth-order valence-electron chi connectivity index (χ4n) is 6.34. The molecule has 0 spiro atoms. The lowest BCUT2D eigenvalue weighted by Crippen LogP contribution is -2.14. The number of anilines is 2. The topological polar surface area (TPSA) is 3.24 Å². The second kappa shape index (κ2) is 16.4. The summed E-state index contributed by atoms with van der Waals surface area (Å²) in [4.78, 5) is 2.34. The van der Waals surface area contributed by atoms with Crippen molar-refractivity contribution < 1.29 is 0 Å². The van der Waals surface area contributed by atoms with Crippen molar-refractivity contribution in [3.05, 3.63) is 231 Å². The molecule has 0 unspecified atom stereocenters. The maximum atomic E-state index is 2.34. The first-order valence-electron chi connectivity index (χ1n) is 18.2. The van der Waals surface area contributed by atoms with Crippen molar-refractivity contribution in [2.24, 2.45) is 0 Å². The third kappa shape index (κ3) is 9.05. The minimum atomic E-state index is 1.11. The Kier molecular flexibility index (Phi) is 11.3. The first kappa shape index (κ1) is 35.9. The molecule has 0 aromatic heterocycles. The quantitative estimate of drug-likeness (QED) is 0.103. The van der Waals surface area contributed by atoms with E-state index in [1.807, 2.05) is 0 Å². The Labute approximate surface area is 311 Å². The summed E-state index contributed by atoms with van der Waals surface area (Å²) in [5.74, 6) is 0. The van der Waals surface area contributed by atoms with Gasteiger partial charge in [0.1, 0.15) is 0 Å². The molecule has 0 saturated heterocycles. The van der Waals surface area contributed by atoms with Crippen LogP contribution >= 0.6 is 0 Å². The molecule has 1 nitrogen and oxygen atoms in total. The standard InChI is InChI=1S/C51H49N/c1-36-9-22-44(23-10-36)50(45-24-11-37(2)12-25-45)34-41(6)8-19-42(7)52(48-30-17-40(5)18-31-48)49-32-20-43(21-33-49)35-51(46-26-13-38(3)14-27-46)47-28-15-39(4)16-29-47/h8-35H,1-7H3/b41-8+,42-19+. The first-order chi connectivity index (χ1) is 25.1. The average Bonchev–Trinajstić information content (AvgIpc) is 3.15. The van der Waals surface area contributed by atoms with Crippen LogP contribution in [-0.4, -0.2) is 0 Å². The van der Waals surface area contributed by atoms with Gasteiger partial charge in [0.05, 0.1) is 0 Å². The van der Waals surface area contributed by atoms with Crippen LogP contribution in [0.5, 0.6) is 0 Å². The average molecular weight is 676 g/mol. The fraction of sp³-hybridized carbons (Fsp3) is 0.137. The van der Waals surface area contributed by atoms with E-state index in [0.717, 1.165) is 22.6 Å². The molecule has 258 valence electrons. The number of rotatable bonds is 10. The van der Waals surface area contributed by atoms with Crippen molar-refractivity contribution in [2.75, 3.05) is 4.90 Å². The highest BCUT2D eigenvalue weighted by Gasteiger charge is 2.13. The molecule has 0 aliphatic carbocycles. The predicted molar refractivity (Wildman–Crippen MR) is 226 cm³/mol. The summed E-state index contributed by atoms with van der Waals surface area (Å²) >= 11 is 0. The number of allylic oxidation sites excluding steroid dienone is 5. The molecule has 6 rings (SSSR count). The van der Waals surface area contributed by atoms with E-state index >= 15 is 0 Å². The molecule has 0 saturated carbocycles. The van der Waals surface area contributed by atoms with Crippen molar-refractivity contribution in [1.82, 2.24) is 0 Å². The minimum absolute atomic E-state index is 1.11. The summed E-state index contributed by atoms with van der Waals surface area (Å²) in [6.07, 6.45) is 9.06. The van der Waals surface area contributed by atoms with Gasteiger partial charge in [-0.1, -0.05) is 167 Å². The highest BCUT2D eigenvalue weighted by molar-refractivity contribution is 5.92. The molecule has 0 aliphatic heterocycles. The van der Waals surface area contributed by atoms with Crippen molar-refractivity contribution in [3.8, 4) is 0 Å². The van der Waals surface area contributed by atoms with E-state index in [-0.39, 0.29) is 0 Å². The summed E-state index contributed by atoms with van der Waals surface area (Å²) in [5, 5.41) is 0. The Bertz CT molecular complexity index is 2130. The van der Waals surface area contributed by atoms with E-state index in [2.05, 4.69) is 223 Å². The third-order valence-corrected chi connectivity index (χ3v) is 9.52. The molecule has 0 amide bonds. The zero-order chi connectivity index (χ0) is 36.6. The highest BCUT2D eigenvalue weighted by atomic mass is 15.1. The number of hydrogen-bond donors (Lipinski definition) is 0. The van der Waals surface area contributed by atoms with Gasteiger partial charge in [-0.3, -0.25) is 0 Å². The number of benzene rings is 6. The minimum Gasteiger partial charge on any atom is -0.315 e. The number of aryl methyl sites for hydroxylation is 5. The number of nitrogens with zero attached hydrogens (tertiary/aromatic N) is 1. The van der Waals surface area contributed by atoms with Gasteiger partial charge >= 0.3 is 0 Å². The molecule has 0 N–H and O–H groups in total. The lowest BCUT2D eigenvalue weighted by atomic mass is 9.94. The monoisotopic (exact) mass is 675 g/mol. The second-order valence-electron chi connectivity index (χ2n) is 14.1. The summed E-state index contributed by atoms with van der Waals surface area (Å²) in [5.41, 5.74) is 19.3. The molecule has 6 aromatic carbocycles. The molecule has 6 aromatic rings. The van der Waals surface area contributed by atoms with Crippen molar-refractivity contribution in [1.29, 1.82) is 0 Å². The van der Waals surface area contributed by atoms with Gasteiger partial charge in [-0.05, 0) is 124 Å². The van der Waals surface area contributed by atoms with E-state index in [1.165, 1.54) is 66.8 Å². The van der Waals surface area contributed by atoms with Crippen LogP contribution in [0.2, 0.25) is 0 Å². The van der Waals surface area contributed by atoms with Crippen LogP contribution in [0.25, 0.3) is 17.2 Å². The molecular formula is C51H49N. The van der Waals surface area contributed by atoms with Gasteiger partial charge < -0.3 is 4.90 Å². The third-order valence-electron chi connectivity index (χ3n) is 9.52. The smallest absolute Gasteiger partial charge is 0.0458 e. The maximum absolute atomic E-state index is 2.34. The molecule has 0 radical (unpaired) electrons. The van der Waals surface area contributed by atoms with Crippen LogP contribution < -0.4 is 4.90 Å². The molecule has 1 heteroatoms. The van der Waals surface area contributed by atoms with E-state index in [9.17, 15) is 0 Å². The van der Waals surface area contributed by atoms with E-state index in [1.54, 1.807) is 0 Å². The van der Waals surface area contributed by atoms with E-state index in [0.29, 0.717) is 0 Å². The lowest BCUT2D eigenvalue weighted by Gasteiger charge is -2.26. The predicted octanol–water partition coefficient (Wildman–Crippen LogP) is 13.9. The van der Waals surface area contributed by atoms with Crippen LogP contribution in [0.15, 0.2) is 175 Å². The summed E-state index contributed by atoms with van der Waals surface area (Å²) in [7, 11) is 0. The molecule has 0 fully saturated rings. The van der Waals surface area contributed by atoms with Crippen molar-refractivity contribution in [2.45, 2.75) is 48.5 Å². The summed E-state index contributed by atoms with van der Waals surface area (Å²) < 4.78 is 0. The summed E-state index contributed by atoms with van der Waals surface area (Å²) in [6.45, 7) is 15.0. The van der Waals surface area contributed by atoms with Crippen LogP contribution in [0, 0.1) is 34.6 Å². The highest BCUT2D eigenvalue weighted by Crippen LogP contribution is 2.33. The molecule has 0 heterocycles. The first-order valence-corrected chi connectivity index (χ1v) is 18.2. The van der Waals surface area contributed by atoms with Crippen molar-refractivity contribution >= 4 is 28.6 Å². The Morgan fingerprint density at radius 1 is 0.385 bits per heavy atom. The van der Waals surface area contributed by atoms with Gasteiger partial charge in [-0.15, -0.1) is 0 Å². The second-order valence-corrected chi connectivity index (χ2v) is 14.1. The molecule has 0 bridgehead atoms. The van der Waals surface area contributed by atoms with Crippen LogP contribution in [0.4, 0.5) is 11.4 Å². The molecule has 0 aliphatic rings. The van der Waals surface area contributed by atoms with Crippen LogP contribution in [0.3, 0.4) is 0 Å². The zero-order valence-corrected chi connectivity index (χ0v) is 31.6. The Morgan fingerprint density at radius 3 is 1.10 bits per heavy atom. The van der Waals surface area contributed by atoms with Crippen LogP contribution in [-0.2, 0) is 0 Å². The molecule has 0 atom stereocenters. The largest absolute Gasteiger partial charge is 0.315 e. The SMILES string of the molecule is C/C(C=C(c1ccc(C)cc1)c1ccc(C)cc1)=C\C=C(/C)N(c1ccc(C)cc1)c1ccc(C=C(c2ccc(C)cc2)c2ccc(C)cc2)cc1. The van der Waals surface area contributed by atoms with Gasteiger partial charge in [0, 0.05) is 17.1 Å². The zero-order valence-electron chi connectivity index (χ0n) is 31.6. The fourth-order valence-corrected chi connectivity index (χ4v) is 6.34. The Morgan fingerprint density at radius 2 is 0.712 bits per heavy atom. The number of hydrogen-bond acceptors (Lipinski definition) is 1. The van der Waals surface area contributed by atoms with E-state index in [4.69, 9.17) is 0 Å². The van der Waals surface area contributed by atoms with Crippen LogP contribution in [0.1, 0.15) is 69.5 Å². The van der Waals surface area contributed by atoms with Gasteiger partial charge in [-0.2, -0.15) is 0 Å². The van der Waals surface area contributed by atoms with Gasteiger partial charge in [-0.25, -0.2) is 0 Å². The normalized spacial score (nSPS) is 11.6. The molecular weight excluding hydrogens is 627 g/mol. The molecule has 52 heavy (non-hydrogen) atoms. The van der Waals surface area contributed by atoms with Crippen molar-refractivity contribution in [3.63, 3.8) is 0 Å².